The molecule has 0 bridgehead atoms. The molecule has 1 heterocycles. The Bertz CT molecular complexity index is 537. The standard InChI is InChI=1S/C16H21FNO2/c1-4-5-6-7-10-19-20-18-13(3)12(2)15-11-14(17)8-9-16(15)18/h8-9,11H,2,4-7,10H2,1,3H3/q+1. The third-order valence-electron chi connectivity index (χ3n) is 3.45. The molecule has 0 aromatic heterocycles. The smallest absolute Gasteiger partial charge is 0.207 e. The van der Waals surface area contributed by atoms with Crippen molar-refractivity contribution >= 4 is 17.0 Å². The summed E-state index contributed by atoms with van der Waals surface area (Å²) >= 11 is 0. The molecule has 0 saturated heterocycles. The predicted molar refractivity (Wildman–Crippen MR) is 77.2 cm³/mol. The quantitative estimate of drug-likeness (QED) is 0.319. The van der Waals surface area contributed by atoms with Crippen LogP contribution in [0.1, 0.15) is 45.1 Å². The molecule has 0 unspecified atom stereocenters. The van der Waals surface area contributed by atoms with Crippen LogP contribution in [0.4, 0.5) is 10.1 Å². The second-order valence-electron chi connectivity index (χ2n) is 4.98. The van der Waals surface area contributed by atoms with E-state index >= 15 is 0 Å². The highest BCUT2D eigenvalue weighted by Gasteiger charge is 2.34. The van der Waals surface area contributed by atoms with Gasteiger partial charge in [0.25, 0.3) is 5.69 Å². The van der Waals surface area contributed by atoms with Crippen LogP contribution in [0, 0.1) is 5.82 Å². The van der Waals surface area contributed by atoms with Crippen molar-refractivity contribution in [3.8, 4) is 0 Å². The lowest BCUT2D eigenvalue weighted by molar-refractivity contribution is -0.826. The van der Waals surface area contributed by atoms with Crippen LogP contribution in [0.25, 0.3) is 5.57 Å². The number of rotatable bonds is 7. The van der Waals surface area contributed by atoms with E-state index in [1.807, 2.05) is 6.92 Å². The lowest BCUT2D eigenvalue weighted by atomic mass is 10.1. The zero-order valence-corrected chi connectivity index (χ0v) is 12.1. The van der Waals surface area contributed by atoms with E-state index in [2.05, 4.69) is 13.5 Å². The molecule has 1 aliphatic rings. The SMILES string of the molecule is C=C1C(C)=[N+](OOCCCCCC)c2ccc(F)cc21. The zero-order valence-electron chi connectivity index (χ0n) is 12.1. The predicted octanol–water partition coefficient (Wildman–Crippen LogP) is 4.40. The maximum absolute atomic E-state index is 13.3. The third-order valence-corrected chi connectivity index (χ3v) is 3.45. The topological polar surface area (TPSA) is 21.5 Å². The molecule has 20 heavy (non-hydrogen) atoms. The minimum absolute atomic E-state index is 0.278. The van der Waals surface area contributed by atoms with Gasteiger partial charge in [-0.1, -0.05) is 37.8 Å². The molecule has 0 atom stereocenters. The maximum Gasteiger partial charge on any atom is 0.269 e. The Labute approximate surface area is 119 Å². The zero-order chi connectivity index (χ0) is 14.5. The molecule has 0 radical (unpaired) electrons. The first-order valence-electron chi connectivity index (χ1n) is 7.07. The van der Waals surface area contributed by atoms with Crippen LogP contribution in [0.15, 0.2) is 24.8 Å². The second-order valence-corrected chi connectivity index (χ2v) is 4.98. The Morgan fingerprint density at radius 3 is 2.80 bits per heavy atom. The normalized spacial score (nSPS) is 13.8. The van der Waals surface area contributed by atoms with Gasteiger partial charge in [0.2, 0.25) is 5.71 Å². The van der Waals surface area contributed by atoms with Crippen molar-refractivity contribution in [2.75, 3.05) is 6.61 Å². The van der Waals surface area contributed by atoms with E-state index < -0.39 is 0 Å². The fourth-order valence-electron chi connectivity index (χ4n) is 2.20. The first kappa shape index (κ1) is 14.7. The van der Waals surface area contributed by atoms with Gasteiger partial charge >= 0.3 is 0 Å². The van der Waals surface area contributed by atoms with Gasteiger partial charge < -0.3 is 0 Å². The van der Waals surface area contributed by atoms with Crippen molar-refractivity contribution < 1.29 is 19.0 Å². The van der Waals surface area contributed by atoms with Gasteiger partial charge in [0.1, 0.15) is 12.4 Å². The fraction of sp³-hybridized carbons (Fsp3) is 0.438. The van der Waals surface area contributed by atoms with Crippen LogP contribution < -0.4 is 0 Å². The number of nitrogens with zero attached hydrogens (tertiary/aromatic N) is 1. The lowest BCUT2D eigenvalue weighted by Gasteiger charge is -2.00. The number of allylic oxidation sites excluding steroid dienone is 1. The van der Waals surface area contributed by atoms with Crippen molar-refractivity contribution in [3.05, 3.63) is 36.2 Å². The van der Waals surface area contributed by atoms with Crippen molar-refractivity contribution in [1.82, 2.24) is 0 Å². The van der Waals surface area contributed by atoms with Crippen molar-refractivity contribution in [2.45, 2.75) is 39.5 Å². The fourth-order valence-corrected chi connectivity index (χ4v) is 2.20. The summed E-state index contributed by atoms with van der Waals surface area (Å²) in [5.74, 6) is -0.278. The van der Waals surface area contributed by atoms with E-state index in [1.54, 1.807) is 10.8 Å². The van der Waals surface area contributed by atoms with Gasteiger partial charge in [0, 0.05) is 13.0 Å². The summed E-state index contributed by atoms with van der Waals surface area (Å²) in [6.07, 6.45) is 4.50. The second kappa shape index (κ2) is 6.66. The van der Waals surface area contributed by atoms with E-state index in [1.165, 1.54) is 25.0 Å². The van der Waals surface area contributed by atoms with E-state index in [0.717, 1.165) is 35.4 Å². The average Bonchev–Trinajstić information content (AvgIpc) is 2.67. The molecular formula is C16H21FNO2+. The van der Waals surface area contributed by atoms with E-state index in [0.29, 0.717) is 6.61 Å². The van der Waals surface area contributed by atoms with Crippen LogP contribution in [-0.2, 0) is 9.88 Å². The highest BCUT2D eigenvalue weighted by atomic mass is 19.1. The Morgan fingerprint density at radius 2 is 2.05 bits per heavy atom. The van der Waals surface area contributed by atoms with Crippen LogP contribution >= 0.6 is 0 Å². The maximum atomic E-state index is 13.3. The van der Waals surface area contributed by atoms with Crippen molar-refractivity contribution in [2.24, 2.45) is 0 Å². The molecule has 0 aliphatic carbocycles. The molecular weight excluding hydrogens is 257 g/mol. The number of unbranched alkanes of at least 4 members (excludes halogenated alkanes) is 3. The highest BCUT2D eigenvalue weighted by Crippen LogP contribution is 2.33. The van der Waals surface area contributed by atoms with Crippen LogP contribution in [-0.4, -0.2) is 17.1 Å². The first-order chi connectivity index (χ1) is 9.65. The molecule has 1 aromatic carbocycles. The summed E-state index contributed by atoms with van der Waals surface area (Å²) in [5.41, 5.74) is 3.09. The Kier molecular flexibility index (Phi) is 4.90. The minimum Gasteiger partial charge on any atom is -0.207 e. The number of halogens is 1. The molecule has 3 nitrogen and oxygen atoms in total. The summed E-state index contributed by atoms with van der Waals surface area (Å²) in [6.45, 7) is 8.55. The highest BCUT2D eigenvalue weighted by molar-refractivity contribution is 6.22. The van der Waals surface area contributed by atoms with E-state index in [4.69, 9.17) is 9.88 Å². The lowest BCUT2D eigenvalue weighted by Crippen LogP contribution is -2.11. The molecule has 4 heteroatoms. The Morgan fingerprint density at radius 1 is 1.25 bits per heavy atom. The molecule has 108 valence electrons. The minimum atomic E-state index is -0.278. The van der Waals surface area contributed by atoms with Gasteiger partial charge in [-0.05, 0) is 18.6 Å². The molecule has 1 aromatic rings. The largest absolute Gasteiger partial charge is 0.269 e. The van der Waals surface area contributed by atoms with Gasteiger partial charge in [-0.3, -0.25) is 0 Å². The Hall–Kier alpha value is -1.68. The van der Waals surface area contributed by atoms with Crippen LogP contribution in [0.2, 0.25) is 0 Å². The summed E-state index contributed by atoms with van der Waals surface area (Å²) in [6, 6.07) is 4.54. The van der Waals surface area contributed by atoms with E-state index in [-0.39, 0.29) is 5.82 Å². The van der Waals surface area contributed by atoms with Gasteiger partial charge in [0.05, 0.1) is 15.9 Å². The Balaban J connectivity index is 1.97. The van der Waals surface area contributed by atoms with Gasteiger partial charge in [-0.25, -0.2) is 4.39 Å². The summed E-state index contributed by atoms with van der Waals surface area (Å²) in [5, 5.41) is 0. The van der Waals surface area contributed by atoms with Crippen LogP contribution in [0.5, 0.6) is 0 Å². The molecule has 0 fully saturated rings. The molecule has 0 saturated carbocycles. The van der Waals surface area contributed by atoms with Gasteiger partial charge in [-0.15, -0.1) is 4.89 Å². The monoisotopic (exact) mass is 278 g/mol. The number of hydrogen-bond donors (Lipinski definition) is 0. The first-order valence-corrected chi connectivity index (χ1v) is 7.07. The number of fused-ring (bicyclic) bond motifs is 1. The van der Waals surface area contributed by atoms with Crippen molar-refractivity contribution in [1.29, 1.82) is 0 Å². The van der Waals surface area contributed by atoms with Crippen LogP contribution in [0.3, 0.4) is 0 Å². The third kappa shape index (κ3) is 3.07. The summed E-state index contributed by atoms with van der Waals surface area (Å²) in [7, 11) is 0. The average molecular weight is 278 g/mol. The van der Waals surface area contributed by atoms with Gasteiger partial charge in [0.15, 0.2) is 0 Å². The van der Waals surface area contributed by atoms with Gasteiger partial charge in [-0.2, -0.15) is 0 Å². The molecule has 0 spiro atoms. The number of hydrogen-bond acceptors (Lipinski definition) is 2. The number of benzene rings is 1. The molecule has 0 amide bonds. The molecule has 1 aliphatic heterocycles. The molecule has 0 N–H and O–H groups in total. The van der Waals surface area contributed by atoms with Crippen molar-refractivity contribution in [3.63, 3.8) is 0 Å². The van der Waals surface area contributed by atoms with E-state index in [9.17, 15) is 4.39 Å². The molecule has 2 rings (SSSR count). The summed E-state index contributed by atoms with van der Waals surface area (Å²) in [4.78, 5) is 10.6. The summed E-state index contributed by atoms with van der Waals surface area (Å²) < 4.78 is 14.8.